The highest BCUT2D eigenvalue weighted by molar-refractivity contribution is 9.10. The second kappa shape index (κ2) is 5.10. The fourth-order valence-electron chi connectivity index (χ4n) is 1.58. The van der Waals surface area contributed by atoms with Gasteiger partial charge in [0.25, 0.3) is 0 Å². The number of hydrogen-bond donors (Lipinski definition) is 0. The molecule has 4 heteroatoms. The van der Waals surface area contributed by atoms with Crippen molar-refractivity contribution in [2.45, 2.75) is 13.0 Å². The van der Waals surface area contributed by atoms with Crippen molar-refractivity contribution in [1.82, 2.24) is 4.90 Å². The first-order valence-electron chi connectivity index (χ1n) is 4.55. The third-order valence-corrected chi connectivity index (χ3v) is 3.39. The number of hydrogen-bond acceptors (Lipinski definition) is 2. The third kappa shape index (κ3) is 3.03. The Bertz CT molecular complexity index is 379. The Balaban J connectivity index is 3.12. The van der Waals surface area contributed by atoms with Gasteiger partial charge in [-0.1, -0.05) is 17.7 Å². The topological polar surface area (TPSA) is 20.3 Å². The van der Waals surface area contributed by atoms with Crippen LogP contribution in [0.1, 0.15) is 18.5 Å². The summed E-state index contributed by atoms with van der Waals surface area (Å²) in [5.74, 6) is 0.110. The number of rotatable bonds is 3. The molecule has 0 aliphatic heterocycles. The van der Waals surface area contributed by atoms with E-state index >= 15 is 0 Å². The van der Waals surface area contributed by atoms with Gasteiger partial charge in [-0.2, -0.15) is 0 Å². The predicted molar refractivity (Wildman–Crippen MR) is 66.3 cm³/mol. The molecule has 0 spiro atoms. The Morgan fingerprint density at radius 3 is 2.47 bits per heavy atom. The summed E-state index contributed by atoms with van der Waals surface area (Å²) in [5, 5.41) is 0.626. The summed E-state index contributed by atoms with van der Waals surface area (Å²) in [4.78, 5) is 13.4. The van der Waals surface area contributed by atoms with Crippen molar-refractivity contribution in [2.75, 3.05) is 14.1 Å². The monoisotopic (exact) mass is 289 g/mol. The summed E-state index contributed by atoms with van der Waals surface area (Å²) in [7, 11) is 3.75. The van der Waals surface area contributed by atoms with Gasteiger partial charge in [-0.15, -0.1) is 0 Å². The lowest BCUT2D eigenvalue weighted by molar-refractivity contribution is -0.121. The molecule has 15 heavy (non-hydrogen) atoms. The van der Waals surface area contributed by atoms with Gasteiger partial charge in [-0.05, 0) is 54.6 Å². The molecule has 0 radical (unpaired) electrons. The van der Waals surface area contributed by atoms with Gasteiger partial charge in [0.1, 0.15) is 0 Å². The Kier molecular flexibility index (Phi) is 4.32. The number of carbonyl (C=O) groups excluding carboxylic acids is 1. The maximum absolute atomic E-state index is 11.5. The Morgan fingerprint density at radius 1 is 1.47 bits per heavy atom. The third-order valence-electron chi connectivity index (χ3n) is 2.16. The van der Waals surface area contributed by atoms with Crippen LogP contribution in [0.25, 0.3) is 0 Å². The molecule has 0 aromatic heterocycles. The molecule has 1 aromatic rings. The minimum absolute atomic E-state index is 0.110. The van der Waals surface area contributed by atoms with E-state index in [4.69, 9.17) is 11.6 Å². The number of ketones is 1. The first-order valence-corrected chi connectivity index (χ1v) is 5.72. The van der Waals surface area contributed by atoms with Crippen LogP contribution in [0.2, 0.25) is 5.02 Å². The Labute approximate surface area is 103 Å². The molecular formula is C11H13BrClNO. The van der Waals surface area contributed by atoms with Crippen LogP contribution in [-0.2, 0) is 4.79 Å². The number of benzene rings is 1. The highest BCUT2D eigenvalue weighted by Crippen LogP contribution is 2.28. The molecule has 0 saturated carbocycles. The molecule has 0 amide bonds. The van der Waals surface area contributed by atoms with E-state index < -0.39 is 0 Å². The highest BCUT2D eigenvalue weighted by atomic mass is 79.9. The van der Waals surface area contributed by atoms with Gasteiger partial charge in [0.2, 0.25) is 0 Å². The molecule has 82 valence electrons. The second-order valence-electron chi connectivity index (χ2n) is 3.65. The van der Waals surface area contributed by atoms with E-state index in [0.717, 1.165) is 10.0 Å². The highest BCUT2D eigenvalue weighted by Gasteiger charge is 2.19. The van der Waals surface area contributed by atoms with E-state index in [-0.39, 0.29) is 11.8 Å². The number of carbonyl (C=O) groups is 1. The molecule has 2 nitrogen and oxygen atoms in total. The van der Waals surface area contributed by atoms with Gasteiger partial charge in [-0.3, -0.25) is 9.69 Å². The van der Waals surface area contributed by atoms with E-state index in [0.29, 0.717) is 5.02 Å². The molecule has 0 fully saturated rings. The summed E-state index contributed by atoms with van der Waals surface area (Å²) >= 11 is 9.31. The van der Waals surface area contributed by atoms with Gasteiger partial charge in [0.15, 0.2) is 5.78 Å². The van der Waals surface area contributed by atoms with Crippen molar-refractivity contribution in [3.8, 4) is 0 Å². The first kappa shape index (κ1) is 12.7. The fourth-order valence-corrected chi connectivity index (χ4v) is 2.01. The van der Waals surface area contributed by atoms with Crippen LogP contribution in [0.3, 0.4) is 0 Å². The van der Waals surface area contributed by atoms with Gasteiger partial charge >= 0.3 is 0 Å². The van der Waals surface area contributed by atoms with Crippen molar-refractivity contribution >= 4 is 33.3 Å². The van der Waals surface area contributed by atoms with Crippen LogP contribution in [0.15, 0.2) is 22.7 Å². The molecule has 0 N–H and O–H groups in total. The van der Waals surface area contributed by atoms with Crippen LogP contribution in [-0.4, -0.2) is 24.8 Å². The second-order valence-corrected chi connectivity index (χ2v) is 4.91. The zero-order valence-electron chi connectivity index (χ0n) is 8.92. The zero-order chi connectivity index (χ0) is 11.6. The van der Waals surface area contributed by atoms with Crippen molar-refractivity contribution in [3.05, 3.63) is 33.3 Å². The summed E-state index contributed by atoms with van der Waals surface area (Å²) in [6.07, 6.45) is 0. The van der Waals surface area contributed by atoms with E-state index in [9.17, 15) is 4.79 Å². The Hall–Kier alpha value is -0.380. The standard InChI is InChI=1S/C11H13BrClNO/c1-7(15)11(14(2)3)8-4-5-9(12)10(13)6-8/h4-6,11H,1-3H3. The van der Waals surface area contributed by atoms with Gasteiger partial charge in [-0.25, -0.2) is 0 Å². The van der Waals surface area contributed by atoms with Gasteiger partial charge in [0.05, 0.1) is 11.1 Å². The zero-order valence-corrected chi connectivity index (χ0v) is 11.3. The summed E-state index contributed by atoms with van der Waals surface area (Å²) < 4.78 is 0.842. The average Bonchev–Trinajstić information content (AvgIpc) is 2.10. The normalized spacial score (nSPS) is 12.9. The summed E-state index contributed by atoms with van der Waals surface area (Å²) in [6.45, 7) is 1.58. The quantitative estimate of drug-likeness (QED) is 0.851. The molecular weight excluding hydrogens is 277 g/mol. The van der Waals surface area contributed by atoms with Crippen LogP contribution in [0.5, 0.6) is 0 Å². The van der Waals surface area contributed by atoms with Crippen molar-refractivity contribution < 1.29 is 4.79 Å². The largest absolute Gasteiger partial charge is 0.298 e. The first-order chi connectivity index (χ1) is 6.93. The van der Waals surface area contributed by atoms with E-state index in [1.54, 1.807) is 6.92 Å². The van der Waals surface area contributed by atoms with Gasteiger partial charge in [0, 0.05) is 4.47 Å². The van der Waals surface area contributed by atoms with Crippen molar-refractivity contribution in [1.29, 1.82) is 0 Å². The van der Waals surface area contributed by atoms with E-state index in [2.05, 4.69) is 15.9 Å². The van der Waals surface area contributed by atoms with Crippen LogP contribution in [0.4, 0.5) is 0 Å². The molecule has 0 heterocycles. The Morgan fingerprint density at radius 2 is 2.07 bits per heavy atom. The van der Waals surface area contributed by atoms with Crippen molar-refractivity contribution in [3.63, 3.8) is 0 Å². The van der Waals surface area contributed by atoms with E-state index in [1.165, 1.54) is 0 Å². The summed E-state index contributed by atoms with van der Waals surface area (Å²) in [6, 6.07) is 5.35. The molecule has 1 rings (SSSR count). The maximum Gasteiger partial charge on any atom is 0.151 e. The molecule has 1 aromatic carbocycles. The number of halogens is 2. The molecule has 1 unspecified atom stereocenters. The van der Waals surface area contributed by atoms with Crippen LogP contribution in [0, 0.1) is 0 Å². The minimum Gasteiger partial charge on any atom is -0.298 e. The van der Waals surface area contributed by atoms with Gasteiger partial charge < -0.3 is 0 Å². The number of nitrogens with zero attached hydrogens (tertiary/aromatic N) is 1. The van der Waals surface area contributed by atoms with Crippen LogP contribution >= 0.6 is 27.5 Å². The predicted octanol–water partition coefficient (Wildman–Crippen LogP) is 3.29. The van der Waals surface area contributed by atoms with Crippen LogP contribution < -0.4 is 0 Å². The lowest BCUT2D eigenvalue weighted by Crippen LogP contribution is -2.25. The SMILES string of the molecule is CC(=O)C(c1ccc(Br)c(Cl)c1)N(C)C. The summed E-state index contributed by atoms with van der Waals surface area (Å²) in [5.41, 5.74) is 0.917. The molecule has 0 aliphatic rings. The lowest BCUT2D eigenvalue weighted by atomic mass is 10.0. The number of Topliss-reactive ketones (excluding diaryl/α,β-unsaturated/α-hetero) is 1. The fraction of sp³-hybridized carbons (Fsp3) is 0.364. The minimum atomic E-state index is -0.226. The molecule has 0 saturated heterocycles. The lowest BCUT2D eigenvalue weighted by Gasteiger charge is -2.22. The smallest absolute Gasteiger partial charge is 0.151 e. The molecule has 0 bridgehead atoms. The number of likely N-dealkylation sites (N-methyl/N-ethyl adjacent to an activating group) is 1. The molecule has 1 atom stereocenters. The molecule has 0 aliphatic carbocycles. The van der Waals surface area contributed by atoms with Crippen molar-refractivity contribution in [2.24, 2.45) is 0 Å². The van der Waals surface area contributed by atoms with E-state index in [1.807, 2.05) is 37.2 Å². The maximum atomic E-state index is 11.5. The average molecular weight is 291 g/mol.